The molecule has 0 radical (unpaired) electrons. The van der Waals surface area contributed by atoms with Crippen LogP contribution in [0, 0.1) is 6.92 Å². The van der Waals surface area contributed by atoms with Crippen molar-refractivity contribution in [3.63, 3.8) is 0 Å². The topological polar surface area (TPSA) is 71.0 Å². The Hall–Kier alpha value is -2.89. The summed E-state index contributed by atoms with van der Waals surface area (Å²) in [6.45, 7) is 5.13. The number of hydrogen-bond acceptors (Lipinski definition) is 3. The Kier molecular flexibility index (Phi) is 4.11. The minimum atomic E-state index is -0.130. The number of piperidine rings is 1. The van der Waals surface area contributed by atoms with Crippen LogP contribution in [-0.4, -0.2) is 38.4 Å². The van der Waals surface area contributed by atoms with Crippen LogP contribution in [0.3, 0.4) is 0 Å². The Morgan fingerprint density at radius 1 is 1.23 bits per heavy atom. The van der Waals surface area contributed by atoms with Crippen molar-refractivity contribution in [2.75, 3.05) is 13.1 Å². The molecule has 0 bridgehead atoms. The highest BCUT2D eigenvalue weighted by atomic mass is 16.2. The molecule has 1 fully saturated rings. The zero-order chi connectivity index (χ0) is 18.3. The number of aryl methyl sites for hydroxylation is 1. The minimum Gasteiger partial charge on any atom is -0.343 e. The maximum atomic E-state index is 12.6. The highest BCUT2D eigenvalue weighted by Gasteiger charge is 2.24. The van der Waals surface area contributed by atoms with Crippen LogP contribution in [0.1, 0.15) is 31.4 Å². The second-order valence-electron chi connectivity index (χ2n) is 7.00. The number of hydrogen-bond donors (Lipinski definition) is 1. The fourth-order valence-corrected chi connectivity index (χ4v) is 3.77. The zero-order valence-corrected chi connectivity index (χ0v) is 15.0. The summed E-state index contributed by atoms with van der Waals surface area (Å²) in [5, 5.41) is 1.00. The number of fused-ring (bicyclic) bond motifs is 1. The average molecular weight is 350 g/mol. The number of amides is 1. The van der Waals surface area contributed by atoms with Crippen molar-refractivity contribution >= 4 is 16.8 Å². The molecular weight excluding hydrogens is 328 g/mol. The largest absolute Gasteiger partial charge is 0.343 e. The second kappa shape index (κ2) is 6.44. The molecule has 1 N–H and O–H groups in total. The standard InChI is InChI=1S/C20H22N4O2/c1-13-3-4-18-15(11-13)12-17(20(26)22-18)19-21-7-10-24(19)16-5-8-23(9-6-16)14(2)25/h3-4,7,10-12,16H,5-6,8-9H2,1-2H3,(H,22,26). The molecule has 3 heterocycles. The Morgan fingerprint density at radius 2 is 2.00 bits per heavy atom. The summed E-state index contributed by atoms with van der Waals surface area (Å²) < 4.78 is 2.09. The van der Waals surface area contributed by atoms with Gasteiger partial charge in [-0.3, -0.25) is 9.59 Å². The molecule has 0 aliphatic carbocycles. The van der Waals surface area contributed by atoms with E-state index in [0.717, 1.165) is 42.4 Å². The third-order valence-corrected chi connectivity index (χ3v) is 5.21. The number of H-pyrrole nitrogens is 1. The number of imidazole rings is 1. The first kappa shape index (κ1) is 16.6. The van der Waals surface area contributed by atoms with E-state index in [9.17, 15) is 9.59 Å². The molecule has 1 aliphatic rings. The zero-order valence-electron chi connectivity index (χ0n) is 15.0. The number of nitrogens with one attached hydrogen (secondary N) is 1. The molecule has 2 aromatic heterocycles. The molecule has 134 valence electrons. The van der Waals surface area contributed by atoms with Crippen molar-refractivity contribution in [1.29, 1.82) is 0 Å². The molecule has 1 amide bonds. The molecule has 4 rings (SSSR count). The summed E-state index contributed by atoms with van der Waals surface area (Å²) in [4.78, 5) is 33.5. The van der Waals surface area contributed by atoms with Crippen LogP contribution in [0.5, 0.6) is 0 Å². The van der Waals surface area contributed by atoms with Crippen LogP contribution in [0.15, 0.2) is 41.5 Å². The van der Waals surface area contributed by atoms with Crippen LogP contribution >= 0.6 is 0 Å². The lowest BCUT2D eigenvalue weighted by atomic mass is 10.0. The normalized spacial score (nSPS) is 15.5. The number of pyridine rings is 1. The van der Waals surface area contributed by atoms with Crippen LogP contribution in [0.2, 0.25) is 0 Å². The van der Waals surface area contributed by atoms with E-state index in [1.807, 2.05) is 36.2 Å². The third kappa shape index (κ3) is 2.92. The number of aromatic amines is 1. The fourth-order valence-electron chi connectivity index (χ4n) is 3.77. The number of carbonyl (C=O) groups excluding carboxylic acids is 1. The second-order valence-corrected chi connectivity index (χ2v) is 7.00. The number of benzene rings is 1. The van der Waals surface area contributed by atoms with E-state index >= 15 is 0 Å². The lowest BCUT2D eigenvalue weighted by Gasteiger charge is -2.32. The van der Waals surface area contributed by atoms with Crippen LogP contribution in [-0.2, 0) is 4.79 Å². The molecule has 0 saturated carbocycles. The predicted molar refractivity (Wildman–Crippen MR) is 101 cm³/mol. The van der Waals surface area contributed by atoms with E-state index in [-0.39, 0.29) is 17.5 Å². The number of aromatic nitrogens is 3. The molecule has 6 nitrogen and oxygen atoms in total. The van der Waals surface area contributed by atoms with Gasteiger partial charge >= 0.3 is 0 Å². The lowest BCUT2D eigenvalue weighted by Crippen LogP contribution is -2.37. The van der Waals surface area contributed by atoms with Gasteiger partial charge in [-0.15, -0.1) is 0 Å². The van der Waals surface area contributed by atoms with Gasteiger partial charge in [-0.2, -0.15) is 0 Å². The van der Waals surface area contributed by atoms with Crippen molar-refractivity contribution in [3.05, 3.63) is 52.6 Å². The molecule has 0 atom stereocenters. The minimum absolute atomic E-state index is 0.121. The molecule has 0 unspecified atom stereocenters. The van der Waals surface area contributed by atoms with Crippen LogP contribution in [0.4, 0.5) is 0 Å². The summed E-state index contributed by atoms with van der Waals surface area (Å²) in [6, 6.07) is 8.15. The van der Waals surface area contributed by atoms with Gasteiger partial charge < -0.3 is 14.5 Å². The molecule has 0 spiro atoms. The maximum absolute atomic E-state index is 12.6. The maximum Gasteiger partial charge on any atom is 0.259 e. The lowest BCUT2D eigenvalue weighted by molar-refractivity contribution is -0.130. The van der Waals surface area contributed by atoms with E-state index in [1.54, 1.807) is 13.1 Å². The number of rotatable bonds is 2. The van der Waals surface area contributed by atoms with E-state index in [4.69, 9.17) is 0 Å². The van der Waals surface area contributed by atoms with E-state index < -0.39 is 0 Å². The Morgan fingerprint density at radius 3 is 2.73 bits per heavy atom. The molecule has 26 heavy (non-hydrogen) atoms. The number of nitrogens with zero attached hydrogens (tertiary/aromatic N) is 3. The average Bonchev–Trinajstić information content (AvgIpc) is 3.11. The quantitative estimate of drug-likeness (QED) is 0.772. The first-order valence-electron chi connectivity index (χ1n) is 8.95. The van der Waals surface area contributed by atoms with Crippen molar-refractivity contribution < 1.29 is 4.79 Å². The Labute approximate surface area is 151 Å². The van der Waals surface area contributed by atoms with Crippen molar-refractivity contribution in [2.45, 2.75) is 32.7 Å². The Balaban J connectivity index is 1.71. The van der Waals surface area contributed by atoms with Gasteiger partial charge in [-0.1, -0.05) is 11.6 Å². The van der Waals surface area contributed by atoms with Crippen molar-refractivity contribution in [1.82, 2.24) is 19.4 Å². The number of carbonyl (C=O) groups is 1. The van der Waals surface area contributed by atoms with Gasteiger partial charge in [-0.05, 0) is 43.4 Å². The van der Waals surface area contributed by atoms with Gasteiger partial charge in [0.15, 0.2) is 0 Å². The molecule has 1 aliphatic heterocycles. The third-order valence-electron chi connectivity index (χ3n) is 5.21. The van der Waals surface area contributed by atoms with E-state index in [0.29, 0.717) is 11.4 Å². The van der Waals surface area contributed by atoms with Gasteiger partial charge in [0, 0.05) is 44.0 Å². The van der Waals surface area contributed by atoms with Gasteiger partial charge in [0.05, 0.1) is 5.56 Å². The first-order valence-corrected chi connectivity index (χ1v) is 8.95. The smallest absolute Gasteiger partial charge is 0.259 e. The first-order chi connectivity index (χ1) is 12.5. The van der Waals surface area contributed by atoms with Gasteiger partial charge in [0.2, 0.25) is 5.91 Å². The SMILES string of the molecule is CC(=O)N1CCC(n2ccnc2-c2cc3cc(C)ccc3[nH]c2=O)CC1. The van der Waals surface area contributed by atoms with E-state index in [1.165, 1.54) is 0 Å². The molecule has 1 saturated heterocycles. The number of likely N-dealkylation sites (tertiary alicyclic amines) is 1. The summed E-state index contributed by atoms with van der Waals surface area (Å²) in [5.41, 5.74) is 2.43. The van der Waals surface area contributed by atoms with Gasteiger partial charge in [-0.25, -0.2) is 4.98 Å². The predicted octanol–water partition coefficient (Wildman–Crippen LogP) is 2.88. The summed E-state index contributed by atoms with van der Waals surface area (Å²) in [7, 11) is 0. The highest BCUT2D eigenvalue weighted by molar-refractivity contribution is 5.83. The molecule has 3 aromatic rings. The summed E-state index contributed by atoms with van der Waals surface area (Å²) in [6.07, 6.45) is 5.41. The van der Waals surface area contributed by atoms with Gasteiger partial charge in [0.25, 0.3) is 5.56 Å². The fraction of sp³-hybridized carbons (Fsp3) is 0.350. The van der Waals surface area contributed by atoms with Crippen molar-refractivity contribution in [3.8, 4) is 11.4 Å². The molecule has 6 heteroatoms. The summed E-state index contributed by atoms with van der Waals surface area (Å²) >= 11 is 0. The molecule has 1 aromatic carbocycles. The van der Waals surface area contributed by atoms with Crippen LogP contribution in [0.25, 0.3) is 22.3 Å². The molecular formula is C20H22N4O2. The monoisotopic (exact) mass is 350 g/mol. The van der Waals surface area contributed by atoms with E-state index in [2.05, 4.69) is 20.6 Å². The van der Waals surface area contributed by atoms with Crippen molar-refractivity contribution in [2.24, 2.45) is 0 Å². The van der Waals surface area contributed by atoms with Crippen LogP contribution < -0.4 is 5.56 Å². The highest BCUT2D eigenvalue weighted by Crippen LogP contribution is 2.28. The summed E-state index contributed by atoms with van der Waals surface area (Å²) in [5.74, 6) is 0.812. The Bertz CT molecular complexity index is 1030. The van der Waals surface area contributed by atoms with Gasteiger partial charge in [0.1, 0.15) is 5.82 Å².